The maximum atomic E-state index is 12.1. The molecular weight excluding hydrogens is 372 g/mol. The summed E-state index contributed by atoms with van der Waals surface area (Å²) in [6.45, 7) is 4.51. The molecule has 1 amide bonds. The Morgan fingerprint density at radius 1 is 1.24 bits per heavy atom. The number of benzene rings is 1. The molecule has 156 valence electrons. The van der Waals surface area contributed by atoms with E-state index in [1.54, 1.807) is 0 Å². The van der Waals surface area contributed by atoms with Crippen molar-refractivity contribution in [2.75, 3.05) is 13.2 Å². The maximum Gasteiger partial charge on any atom is 0.322 e. The van der Waals surface area contributed by atoms with Crippen molar-refractivity contribution in [1.29, 1.82) is 0 Å². The first-order chi connectivity index (χ1) is 13.9. The first-order valence-electron chi connectivity index (χ1n) is 10.0. The average Bonchev–Trinajstić information content (AvgIpc) is 3.07. The lowest BCUT2D eigenvalue weighted by atomic mass is 9.81. The van der Waals surface area contributed by atoms with Crippen LogP contribution in [-0.2, 0) is 20.9 Å². The van der Waals surface area contributed by atoms with E-state index in [4.69, 9.17) is 14.3 Å². The lowest BCUT2D eigenvalue weighted by Crippen LogP contribution is -2.37. The third kappa shape index (κ3) is 5.90. The van der Waals surface area contributed by atoms with Crippen LogP contribution in [0.1, 0.15) is 42.7 Å². The van der Waals surface area contributed by atoms with Gasteiger partial charge in [-0.15, -0.1) is 0 Å². The van der Waals surface area contributed by atoms with Crippen LogP contribution in [0, 0.1) is 25.7 Å². The number of carboxylic acids is 1. The van der Waals surface area contributed by atoms with Gasteiger partial charge in [0.2, 0.25) is 11.8 Å². The third-order valence-corrected chi connectivity index (χ3v) is 5.35. The van der Waals surface area contributed by atoms with Gasteiger partial charge in [-0.3, -0.25) is 9.59 Å². The SMILES string of the molecule is Cc1ccc(-c2nc(COCC3CCCC(C(=O)NCC(=O)O)C3)c(C)o2)cc1. The van der Waals surface area contributed by atoms with Crippen molar-refractivity contribution in [2.45, 2.75) is 46.1 Å². The largest absolute Gasteiger partial charge is 0.480 e. The molecule has 1 saturated carbocycles. The van der Waals surface area contributed by atoms with E-state index in [1.165, 1.54) is 5.56 Å². The molecule has 0 bridgehead atoms. The Bertz CT molecular complexity index is 843. The van der Waals surface area contributed by atoms with Gasteiger partial charge in [0.15, 0.2) is 0 Å². The molecule has 7 nitrogen and oxygen atoms in total. The molecule has 2 unspecified atom stereocenters. The summed E-state index contributed by atoms with van der Waals surface area (Å²) < 4.78 is 11.7. The molecule has 1 aliphatic rings. The number of rotatable bonds is 8. The van der Waals surface area contributed by atoms with Gasteiger partial charge in [0, 0.05) is 18.1 Å². The van der Waals surface area contributed by atoms with E-state index in [1.807, 2.05) is 38.1 Å². The molecule has 2 aromatic rings. The van der Waals surface area contributed by atoms with Crippen molar-refractivity contribution in [3.05, 3.63) is 41.3 Å². The lowest BCUT2D eigenvalue weighted by molar-refractivity contribution is -0.138. The number of aromatic nitrogens is 1. The molecule has 1 aliphatic carbocycles. The Hall–Kier alpha value is -2.67. The third-order valence-electron chi connectivity index (χ3n) is 5.35. The van der Waals surface area contributed by atoms with Crippen molar-refractivity contribution in [2.24, 2.45) is 11.8 Å². The van der Waals surface area contributed by atoms with Crippen LogP contribution in [0.4, 0.5) is 0 Å². The molecule has 2 atom stereocenters. The Labute approximate surface area is 170 Å². The molecular formula is C22H28N2O5. The Morgan fingerprint density at radius 2 is 2.00 bits per heavy atom. The van der Waals surface area contributed by atoms with E-state index in [9.17, 15) is 9.59 Å². The second-order valence-electron chi connectivity index (χ2n) is 7.74. The average molecular weight is 400 g/mol. The molecule has 0 radical (unpaired) electrons. The van der Waals surface area contributed by atoms with Crippen molar-refractivity contribution < 1.29 is 23.8 Å². The topological polar surface area (TPSA) is 102 Å². The number of nitrogens with one attached hydrogen (secondary N) is 1. The van der Waals surface area contributed by atoms with Crippen LogP contribution in [-0.4, -0.2) is 35.1 Å². The summed E-state index contributed by atoms with van der Waals surface area (Å²) in [5.74, 6) is 0.282. The highest BCUT2D eigenvalue weighted by atomic mass is 16.5. The van der Waals surface area contributed by atoms with Gasteiger partial charge >= 0.3 is 5.97 Å². The number of aryl methyl sites for hydroxylation is 2. The fourth-order valence-electron chi connectivity index (χ4n) is 3.69. The predicted octanol–water partition coefficient (Wildman–Crippen LogP) is 3.48. The van der Waals surface area contributed by atoms with E-state index in [0.717, 1.165) is 42.7 Å². The van der Waals surface area contributed by atoms with E-state index >= 15 is 0 Å². The van der Waals surface area contributed by atoms with Crippen LogP contribution in [0.3, 0.4) is 0 Å². The number of hydrogen-bond acceptors (Lipinski definition) is 5. The van der Waals surface area contributed by atoms with E-state index in [2.05, 4.69) is 10.3 Å². The zero-order valence-corrected chi connectivity index (χ0v) is 16.9. The second-order valence-corrected chi connectivity index (χ2v) is 7.74. The Balaban J connectivity index is 1.49. The lowest BCUT2D eigenvalue weighted by Gasteiger charge is -2.28. The molecule has 0 aliphatic heterocycles. The molecule has 1 heterocycles. The molecule has 0 saturated heterocycles. The number of nitrogens with zero attached hydrogens (tertiary/aromatic N) is 1. The first-order valence-corrected chi connectivity index (χ1v) is 10.0. The minimum atomic E-state index is -1.03. The van der Waals surface area contributed by atoms with E-state index < -0.39 is 5.97 Å². The summed E-state index contributed by atoms with van der Waals surface area (Å²) in [4.78, 5) is 27.3. The number of carbonyl (C=O) groups excluding carboxylic acids is 1. The summed E-state index contributed by atoms with van der Waals surface area (Å²) in [6, 6.07) is 8.03. The molecule has 1 aromatic carbocycles. The molecule has 2 N–H and O–H groups in total. The van der Waals surface area contributed by atoms with Crippen LogP contribution >= 0.6 is 0 Å². The fourth-order valence-corrected chi connectivity index (χ4v) is 3.69. The Morgan fingerprint density at radius 3 is 2.72 bits per heavy atom. The van der Waals surface area contributed by atoms with Gasteiger partial charge in [0.1, 0.15) is 18.0 Å². The minimum Gasteiger partial charge on any atom is -0.480 e. The van der Waals surface area contributed by atoms with Gasteiger partial charge in [-0.25, -0.2) is 4.98 Å². The van der Waals surface area contributed by atoms with Gasteiger partial charge in [-0.2, -0.15) is 0 Å². The second kappa shape index (κ2) is 9.69. The van der Waals surface area contributed by atoms with Crippen molar-refractivity contribution in [1.82, 2.24) is 10.3 Å². The van der Waals surface area contributed by atoms with Gasteiger partial charge in [-0.1, -0.05) is 24.1 Å². The van der Waals surface area contributed by atoms with Crippen LogP contribution < -0.4 is 5.32 Å². The molecule has 0 spiro atoms. The van der Waals surface area contributed by atoms with Crippen LogP contribution in [0.2, 0.25) is 0 Å². The number of hydrogen-bond donors (Lipinski definition) is 2. The van der Waals surface area contributed by atoms with E-state index in [-0.39, 0.29) is 24.3 Å². The molecule has 7 heteroatoms. The number of amides is 1. The highest BCUT2D eigenvalue weighted by molar-refractivity contribution is 5.82. The fraction of sp³-hybridized carbons (Fsp3) is 0.500. The summed E-state index contributed by atoms with van der Waals surface area (Å²) in [6.07, 6.45) is 3.47. The summed E-state index contributed by atoms with van der Waals surface area (Å²) in [7, 11) is 0. The number of carbonyl (C=O) groups is 2. The maximum absolute atomic E-state index is 12.1. The van der Waals surface area contributed by atoms with Crippen molar-refractivity contribution >= 4 is 11.9 Å². The first kappa shape index (κ1) is 21.0. The van der Waals surface area contributed by atoms with Gasteiger partial charge in [-0.05, 0) is 51.2 Å². The van der Waals surface area contributed by atoms with Crippen LogP contribution in [0.25, 0.3) is 11.5 Å². The normalized spacial score (nSPS) is 19.1. The predicted molar refractivity (Wildman–Crippen MR) is 107 cm³/mol. The smallest absolute Gasteiger partial charge is 0.322 e. The highest BCUT2D eigenvalue weighted by Crippen LogP contribution is 2.30. The van der Waals surface area contributed by atoms with Crippen LogP contribution in [0.5, 0.6) is 0 Å². The summed E-state index contributed by atoms with van der Waals surface area (Å²) in [5, 5.41) is 11.2. The summed E-state index contributed by atoms with van der Waals surface area (Å²) >= 11 is 0. The molecule has 3 rings (SSSR count). The summed E-state index contributed by atoms with van der Waals surface area (Å²) in [5.41, 5.74) is 2.91. The van der Waals surface area contributed by atoms with Crippen molar-refractivity contribution in [3.63, 3.8) is 0 Å². The molecule has 29 heavy (non-hydrogen) atoms. The minimum absolute atomic E-state index is 0.140. The zero-order valence-electron chi connectivity index (χ0n) is 16.9. The van der Waals surface area contributed by atoms with Crippen molar-refractivity contribution in [3.8, 4) is 11.5 Å². The highest BCUT2D eigenvalue weighted by Gasteiger charge is 2.27. The van der Waals surface area contributed by atoms with Crippen LogP contribution in [0.15, 0.2) is 28.7 Å². The Kier molecular flexibility index (Phi) is 7.04. The van der Waals surface area contributed by atoms with Gasteiger partial charge in [0.05, 0.1) is 6.61 Å². The number of aliphatic carboxylic acids is 1. The zero-order chi connectivity index (χ0) is 20.8. The van der Waals surface area contributed by atoms with E-state index in [0.29, 0.717) is 19.1 Å². The standard InChI is InChI=1S/C22H28N2O5/c1-14-6-8-17(9-7-14)22-24-19(15(2)29-22)13-28-12-16-4-3-5-18(10-16)21(27)23-11-20(25)26/h6-9,16,18H,3-5,10-13H2,1-2H3,(H,23,27)(H,25,26). The van der Waals surface area contributed by atoms with Gasteiger partial charge < -0.3 is 19.6 Å². The molecule has 1 fully saturated rings. The monoisotopic (exact) mass is 400 g/mol. The molecule has 1 aromatic heterocycles. The number of carboxylic acid groups (broad SMARTS) is 1. The quantitative estimate of drug-likeness (QED) is 0.703. The van der Waals surface area contributed by atoms with Gasteiger partial charge in [0.25, 0.3) is 0 Å². The number of ether oxygens (including phenoxy) is 1. The number of oxazole rings is 1.